The third-order valence-electron chi connectivity index (χ3n) is 4.89. The van der Waals surface area contributed by atoms with E-state index >= 15 is 0 Å². The Balaban J connectivity index is 1.45. The first kappa shape index (κ1) is 22.4. The zero-order valence-corrected chi connectivity index (χ0v) is 19.2. The Morgan fingerprint density at radius 3 is 2.48 bits per heavy atom. The number of thioether (sulfide) groups is 1. The first-order chi connectivity index (χ1) is 16.1. The van der Waals surface area contributed by atoms with Gasteiger partial charge in [0.2, 0.25) is 5.91 Å². The highest BCUT2D eigenvalue weighted by atomic mass is 32.2. The third-order valence-corrected chi connectivity index (χ3v) is 5.73. The molecule has 1 aromatic heterocycles. The molecule has 0 fully saturated rings. The van der Waals surface area contributed by atoms with Crippen molar-refractivity contribution in [1.82, 2.24) is 9.97 Å². The highest BCUT2D eigenvalue weighted by Crippen LogP contribution is 2.25. The number of anilines is 2. The fourth-order valence-electron chi connectivity index (χ4n) is 3.21. The van der Waals surface area contributed by atoms with Gasteiger partial charge in [0, 0.05) is 23.7 Å². The fourth-order valence-corrected chi connectivity index (χ4v) is 3.86. The van der Waals surface area contributed by atoms with Gasteiger partial charge in [0.25, 0.3) is 0 Å². The quantitative estimate of drug-likeness (QED) is 0.269. The highest BCUT2D eigenvalue weighted by molar-refractivity contribution is 7.99. The highest BCUT2D eigenvalue weighted by Gasteiger charge is 2.11. The maximum absolute atomic E-state index is 12.4. The van der Waals surface area contributed by atoms with Gasteiger partial charge < -0.3 is 20.1 Å². The molecule has 168 valence electrons. The number of hydrogen-bond acceptors (Lipinski definition) is 7. The summed E-state index contributed by atoms with van der Waals surface area (Å²) in [5.41, 5.74) is 2.60. The molecule has 7 nitrogen and oxygen atoms in total. The molecule has 1 amide bonds. The van der Waals surface area contributed by atoms with E-state index in [0.717, 1.165) is 28.0 Å². The van der Waals surface area contributed by atoms with Crippen molar-refractivity contribution in [3.05, 3.63) is 78.4 Å². The molecule has 0 radical (unpaired) electrons. The second kappa shape index (κ2) is 10.7. The molecule has 0 aliphatic carbocycles. The van der Waals surface area contributed by atoms with Gasteiger partial charge in [0.05, 0.1) is 25.5 Å². The molecule has 33 heavy (non-hydrogen) atoms. The Morgan fingerprint density at radius 2 is 1.70 bits per heavy atom. The van der Waals surface area contributed by atoms with Crippen LogP contribution in [0.25, 0.3) is 10.9 Å². The molecule has 4 aromatic rings. The van der Waals surface area contributed by atoms with Crippen LogP contribution in [0.4, 0.5) is 11.5 Å². The largest absolute Gasteiger partial charge is 0.497 e. The normalized spacial score (nSPS) is 10.6. The summed E-state index contributed by atoms with van der Waals surface area (Å²) in [5, 5.41) is 7.74. The summed E-state index contributed by atoms with van der Waals surface area (Å²) in [5.74, 6) is 2.28. The molecular weight excluding hydrogens is 436 g/mol. The lowest BCUT2D eigenvalue weighted by atomic mass is 10.2. The van der Waals surface area contributed by atoms with Crippen LogP contribution in [-0.2, 0) is 11.3 Å². The van der Waals surface area contributed by atoms with Crippen LogP contribution in [0.2, 0.25) is 0 Å². The van der Waals surface area contributed by atoms with Crippen LogP contribution in [0.3, 0.4) is 0 Å². The number of hydrogen-bond donors (Lipinski definition) is 2. The van der Waals surface area contributed by atoms with E-state index < -0.39 is 0 Å². The molecule has 0 bridgehead atoms. The first-order valence-corrected chi connectivity index (χ1v) is 11.3. The van der Waals surface area contributed by atoms with Crippen LogP contribution in [0.15, 0.2) is 78.0 Å². The molecule has 0 saturated heterocycles. The molecule has 0 atom stereocenters. The molecular formula is C25H24N4O3S. The summed E-state index contributed by atoms with van der Waals surface area (Å²) in [6.45, 7) is 0.603. The average Bonchev–Trinajstić information content (AvgIpc) is 2.86. The monoisotopic (exact) mass is 460 g/mol. The molecule has 4 rings (SSSR count). The van der Waals surface area contributed by atoms with Crippen molar-refractivity contribution in [3.8, 4) is 11.5 Å². The summed E-state index contributed by atoms with van der Waals surface area (Å²) in [6, 6.07) is 22.9. The number of carbonyl (C=O) groups excluding carboxylic acids is 1. The van der Waals surface area contributed by atoms with E-state index in [1.165, 1.54) is 11.8 Å². The van der Waals surface area contributed by atoms with Gasteiger partial charge in [-0.25, -0.2) is 9.97 Å². The van der Waals surface area contributed by atoms with Gasteiger partial charge in [0.15, 0.2) is 5.16 Å². The van der Waals surface area contributed by atoms with E-state index in [9.17, 15) is 4.79 Å². The van der Waals surface area contributed by atoms with E-state index in [0.29, 0.717) is 23.1 Å². The number of para-hydroxylation sites is 1. The fraction of sp³-hybridized carbons (Fsp3) is 0.160. The van der Waals surface area contributed by atoms with Crippen LogP contribution in [-0.4, -0.2) is 35.8 Å². The minimum Gasteiger partial charge on any atom is -0.497 e. The maximum atomic E-state index is 12.4. The Kier molecular flexibility index (Phi) is 7.26. The number of amides is 1. The zero-order chi connectivity index (χ0) is 23.0. The lowest BCUT2D eigenvalue weighted by Gasteiger charge is -2.11. The summed E-state index contributed by atoms with van der Waals surface area (Å²) in [4.78, 5) is 21.7. The van der Waals surface area contributed by atoms with Crippen LogP contribution < -0.4 is 20.1 Å². The predicted molar refractivity (Wildman–Crippen MR) is 132 cm³/mol. The van der Waals surface area contributed by atoms with Crippen molar-refractivity contribution in [2.24, 2.45) is 0 Å². The zero-order valence-electron chi connectivity index (χ0n) is 18.4. The van der Waals surface area contributed by atoms with Gasteiger partial charge in [-0.15, -0.1) is 0 Å². The topological polar surface area (TPSA) is 85.4 Å². The molecule has 8 heteroatoms. The number of methoxy groups -OCH3 is 2. The second-order valence-electron chi connectivity index (χ2n) is 7.14. The average molecular weight is 461 g/mol. The van der Waals surface area contributed by atoms with Gasteiger partial charge >= 0.3 is 0 Å². The van der Waals surface area contributed by atoms with Gasteiger partial charge in [-0.1, -0.05) is 42.1 Å². The van der Waals surface area contributed by atoms with Crippen molar-refractivity contribution in [3.63, 3.8) is 0 Å². The molecule has 2 N–H and O–H groups in total. The van der Waals surface area contributed by atoms with Crippen LogP contribution in [0.1, 0.15) is 5.56 Å². The standard InChI is InChI=1S/C25H24N4O3S/c1-31-19-12-10-17(11-13-19)15-26-24-21-8-3-4-9-22(21)28-25(29-24)33-16-23(30)27-18-6-5-7-20(14-18)32-2/h3-14H,15-16H2,1-2H3,(H,27,30)(H,26,28,29). The van der Waals surface area contributed by atoms with Crippen LogP contribution >= 0.6 is 11.8 Å². The molecule has 0 saturated carbocycles. The van der Waals surface area contributed by atoms with E-state index in [-0.39, 0.29) is 11.7 Å². The number of aromatic nitrogens is 2. The number of rotatable bonds is 9. The van der Waals surface area contributed by atoms with Gasteiger partial charge in [-0.05, 0) is 42.0 Å². The summed E-state index contributed by atoms with van der Waals surface area (Å²) < 4.78 is 10.4. The Labute approximate surface area is 196 Å². The predicted octanol–water partition coefficient (Wildman–Crippen LogP) is 4.99. The second-order valence-corrected chi connectivity index (χ2v) is 8.08. The summed E-state index contributed by atoms with van der Waals surface area (Å²) in [7, 11) is 3.24. The van der Waals surface area contributed by atoms with Crippen molar-refractivity contribution in [1.29, 1.82) is 0 Å². The minimum atomic E-state index is -0.141. The van der Waals surface area contributed by atoms with Gasteiger partial charge in [-0.3, -0.25) is 4.79 Å². The van der Waals surface area contributed by atoms with E-state index in [2.05, 4.69) is 20.6 Å². The molecule has 3 aromatic carbocycles. The number of fused-ring (bicyclic) bond motifs is 1. The maximum Gasteiger partial charge on any atom is 0.234 e. The summed E-state index contributed by atoms with van der Waals surface area (Å²) >= 11 is 1.29. The van der Waals surface area contributed by atoms with Gasteiger partial charge in [0.1, 0.15) is 17.3 Å². The van der Waals surface area contributed by atoms with Crippen LogP contribution in [0.5, 0.6) is 11.5 Å². The number of nitrogens with zero attached hydrogens (tertiary/aromatic N) is 2. The number of carbonyl (C=O) groups is 1. The van der Waals surface area contributed by atoms with Crippen molar-refractivity contribution >= 4 is 40.1 Å². The number of benzene rings is 3. The molecule has 0 aliphatic rings. The van der Waals surface area contributed by atoms with Crippen molar-refractivity contribution < 1.29 is 14.3 Å². The smallest absolute Gasteiger partial charge is 0.234 e. The third kappa shape index (κ3) is 5.93. The lowest BCUT2D eigenvalue weighted by molar-refractivity contribution is -0.113. The molecule has 1 heterocycles. The Hall–Kier alpha value is -3.78. The molecule has 0 unspecified atom stereocenters. The van der Waals surface area contributed by atoms with Crippen molar-refractivity contribution in [2.75, 3.05) is 30.6 Å². The van der Waals surface area contributed by atoms with Gasteiger partial charge in [-0.2, -0.15) is 0 Å². The minimum absolute atomic E-state index is 0.141. The lowest BCUT2D eigenvalue weighted by Crippen LogP contribution is -2.14. The van der Waals surface area contributed by atoms with E-state index in [1.54, 1.807) is 20.3 Å². The van der Waals surface area contributed by atoms with E-state index in [1.807, 2.05) is 66.7 Å². The van der Waals surface area contributed by atoms with Crippen LogP contribution in [0, 0.1) is 0 Å². The molecule has 0 aliphatic heterocycles. The number of nitrogens with one attached hydrogen (secondary N) is 2. The van der Waals surface area contributed by atoms with Crippen molar-refractivity contribution in [2.45, 2.75) is 11.7 Å². The summed E-state index contributed by atoms with van der Waals surface area (Å²) in [6.07, 6.45) is 0. The first-order valence-electron chi connectivity index (χ1n) is 10.3. The Bertz CT molecular complexity index is 1250. The molecule has 0 spiro atoms. The Morgan fingerprint density at radius 1 is 0.909 bits per heavy atom. The SMILES string of the molecule is COc1ccc(CNc2nc(SCC(=O)Nc3cccc(OC)c3)nc3ccccc23)cc1. The number of ether oxygens (including phenoxy) is 2. The van der Waals surface area contributed by atoms with E-state index in [4.69, 9.17) is 9.47 Å².